The number of benzene rings is 2. The Balaban J connectivity index is 1.95. The van der Waals surface area contributed by atoms with Gasteiger partial charge in [0.25, 0.3) is 0 Å². The minimum Gasteiger partial charge on any atom is -0.352 e. The van der Waals surface area contributed by atoms with Gasteiger partial charge < -0.3 is 10.2 Å². The van der Waals surface area contributed by atoms with Gasteiger partial charge in [-0.15, -0.1) is 0 Å². The first-order valence-corrected chi connectivity index (χ1v) is 15.2. The number of nitrogens with one attached hydrogen (secondary N) is 1. The summed E-state index contributed by atoms with van der Waals surface area (Å²) in [5.41, 5.74) is 3.28. The molecule has 1 aliphatic rings. The van der Waals surface area contributed by atoms with Crippen LogP contribution in [-0.4, -0.2) is 50.0 Å². The first kappa shape index (κ1) is 28.7. The van der Waals surface area contributed by atoms with Gasteiger partial charge in [-0.25, -0.2) is 8.42 Å². The van der Waals surface area contributed by atoms with Crippen molar-refractivity contribution in [2.24, 2.45) is 0 Å². The molecule has 1 unspecified atom stereocenters. The molecule has 0 spiro atoms. The number of carbonyl (C=O) groups is 2. The third-order valence-electron chi connectivity index (χ3n) is 7.26. The number of hydrogen-bond donors (Lipinski definition) is 1. The predicted molar refractivity (Wildman–Crippen MR) is 149 cm³/mol. The Morgan fingerprint density at radius 3 is 2.19 bits per heavy atom. The van der Waals surface area contributed by atoms with Crippen molar-refractivity contribution in [2.75, 3.05) is 17.1 Å². The number of para-hydroxylation sites is 1. The maximum atomic E-state index is 13.9. The molecular formula is C29H41N3O4S. The fraction of sp³-hybridized carbons (Fsp3) is 0.517. The fourth-order valence-electron chi connectivity index (χ4n) is 5.08. The molecule has 1 fully saturated rings. The van der Waals surface area contributed by atoms with Gasteiger partial charge in [0.2, 0.25) is 21.8 Å². The molecule has 1 aliphatic carbocycles. The predicted octanol–water partition coefficient (Wildman–Crippen LogP) is 4.58. The molecule has 0 saturated heterocycles. The highest BCUT2D eigenvalue weighted by atomic mass is 32.2. The van der Waals surface area contributed by atoms with Crippen molar-refractivity contribution < 1.29 is 18.0 Å². The van der Waals surface area contributed by atoms with E-state index in [0.29, 0.717) is 18.5 Å². The zero-order valence-electron chi connectivity index (χ0n) is 22.6. The number of sulfonamides is 1. The van der Waals surface area contributed by atoms with Crippen LogP contribution in [0.2, 0.25) is 0 Å². The van der Waals surface area contributed by atoms with Crippen LogP contribution >= 0.6 is 0 Å². The Morgan fingerprint density at radius 2 is 1.59 bits per heavy atom. The molecule has 0 heterocycles. The highest BCUT2D eigenvalue weighted by molar-refractivity contribution is 7.92. The summed E-state index contributed by atoms with van der Waals surface area (Å²) in [7, 11) is -3.75. The minimum atomic E-state index is -3.75. The lowest BCUT2D eigenvalue weighted by Gasteiger charge is -2.34. The van der Waals surface area contributed by atoms with E-state index in [-0.39, 0.29) is 25.0 Å². The molecule has 1 atom stereocenters. The maximum absolute atomic E-state index is 13.9. The SMILES string of the molecule is CCc1ccccc1N(CC(=O)N(Cc1ccccc1C)C(CC)C(=O)NC1CCCCC1)S(C)(=O)=O. The molecule has 0 aromatic heterocycles. The van der Waals surface area contributed by atoms with Gasteiger partial charge in [0.15, 0.2) is 0 Å². The summed E-state index contributed by atoms with van der Waals surface area (Å²) in [6, 6.07) is 14.4. The number of anilines is 1. The molecule has 0 bridgehead atoms. The van der Waals surface area contributed by atoms with Crippen molar-refractivity contribution in [1.29, 1.82) is 0 Å². The van der Waals surface area contributed by atoms with Crippen LogP contribution in [0.3, 0.4) is 0 Å². The first-order valence-electron chi connectivity index (χ1n) is 13.4. The molecule has 7 nitrogen and oxygen atoms in total. The lowest BCUT2D eigenvalue weighted by molar-refractivity contribution is -0.140. The van der Waals surface area contributed by atoms with Gasteiger partial charge in [-0.1, -0.05) is 75.6 Å². The van der Waals surface area contributed by atoms with Crippen molar-refractivity contribution >= 4 is 27.5 Å². The molecule has 1 saturated carbocycles. The van der Waals surface area contributed by atoms with Crippen LogP contribution in [0.25, 0.3) is 0 Å². The molecule has 1 N–H and O–H groups in total. The van der Waals surface area contributed by atoms with Crippen LogP contribution in [0.1, 0.15) is 69.1 Å². The highest BCUT2D eigenvalue weighted by Gasteiger charge is 2.33. The Labute approximate surface area is 222 Å². The molecule has 0 aliphatic heterocycles. The van der Waals surface area contributed by atoms with E-state index < -0.39 is 22.0 Å². The summed E-state index contributed by atoms with van der Waals surface area (Å²) in [4.78, 5) is 29.0. The van der Waals surface area contributed by atoms with E-state index in [1.165, 1.54) is 10.7 Å². The number of rotatable bonds is 11. The van der Waals surface area contributed by atoms with E-state index in [1.54, 1.807) is 17.0 Å². The zero-order chi connectivity index (χ0) is 27.0. The van der Waals surface area contributed by atoms with Crippen LogP contribution in [0.15, 0.2) is 48.5 Å². The fourth-order valence-corrected chi connectivity index (χ4v) is 5.96. The summed E-state index contributed by atoms with van der Waals surface area (Å²) < 4.78 is 26.9. The molecule has 8 heteroatoms. The summed E-state index contributed by atoms with van der Waals surface area (Å²) in [6.07, 6.45) is 7.44. The third kappa shape index (κ3) is 7.57. The van der Waals surface area contributed by atoms with E-state index in [1.807, 2.05) is 57.2 Å². The summed E-state index contributed by atoms with van der Waals surface area (Å²) in [6.45, 7) is 5.68. The second-order valence-electron chi connectivity index (χ2n) is 9.97. The quantitative estimate of drug-likeness (QED) is 0.463. The average molecular weight is 528 g/mol. The van der Waals surface area contributed by atoms with Crippen molar-refractivity contribution in [3.8, 4) is 0 Å². The summed E-state index contributed by atoms with van der Waals surface area (Å²) in [5.74, 6) is -0.568. The van der Waals surface area contributed by atoms with Gasteiger partial charge in [0, 0.05) is 12.6 Å². The van der Waals surface area contributed by atoms with Gasteiger partial charge in [-0.2, -0.15) is 0 Å². The van der Waals surface area contributed by atoms with Crippen LogP contribution in [0.5, 0.6) is 0 Å². The van der Waals surface area contributed by atoms with Gasteiger partial charge >= 0.3 is 0 Å². The van der Waals surface area contributed by atoms with E-state index in [2.05, 4.69) is 5.32 Å². The molecule has 2 amide bonds. The van der Waals surface area contributed by atoms with Crippen molar-refractivity contribution in [3.63, 3.8) is 0 Å². The number of hydrogen-bond acceptors (Lipinski definition) is 4. The second-order valence-corrected chi connectivity index (χ2v) is 11.9. The van der Waals surface area contributed by atoms with E-state index in [0.717, 1.165) is 48.6 Å². The maximum Gasteiger partial charge on any atom is 0.244 e. The van der Waals surface area contributed by atoms with E-state index in [9.17, 15) is 18.0 Å². The van der Waals surface area contributed by atoms with E-state index >= 15 is 0 Å². The minimum absolute atomic E-state index is 0.120. The Kier molecular flexibility index (Phi) is 10.1. The van der Waals surface area contributed by atoms with Gasteiger partial charge in [-0.05, 0) is 55.4 Å². The standard InChI is InChI=1S/C29H41N3O4S/c1-5-23-15-12-13-19-27(23)32(37(4,35)36)21-28(33)31(20-24-16-11-10-14-22(24)3)26(6-2)29(34)30-25-17-8-7-9-18-25/h10-16,19,25-26H,5-9,17-18,20-21H2,1-4H3,(H,30,34). The summed E-state index contributed by atoms with van der Waals surface area (Å²) in [5, 5.41) is 3.17. The number of nitrogens with zero attached hydrogens (tertiary/aromatic N) is 2. The van der Waals surface area contributed by atoms with Gasteiger partial charge in [0.1, 0.15) is 12.6 Å². The number of aryl methyl sites for hydroxylation is 2. The summed E-state index contributed by atoms with van der Waals surface area (Å²) >= 11 is 0. The Morgan fingerprint density at radius 1 is 0.973 bits per heavy atom. The van der Waals surface area contributed by atoms with Crippen LogP contribution < -0.4 is 9.62 Å². The van der Waals surface area contributed by atoms with Gasteiger partial charge in [-0.3, -0.25) is 13.9 Å². The Hall–Kier alpha value is -2.87. The van der Waals surface area contributed by atoms with Crippen molar-refractivity contribution in [2.45, 2.75) is 84.3 Å². The highest BCUT2D eigenvalue weighted by Crippen LogP contribution is 2.25. The van der Waals surface area contributed by atoms with Crippen LogP contribution in [0.4, 0.5) is 5.69 Å². The lowest BCUT2D eigenvalue weighted by atomic mass is 9.95. The van der Waals surface area contributed by atoms with E-state index in [4.69, 9.17) is 0 Å². The zero-order valence-corrected chi connectivity index (χ0v) is 23.4. The Bertz CT molecular complexity index is 1180. The average Bonchev–Trinajstić information content (AvgIpc) is 2.88. The van der Waals surface area contributed by atoms with Crippen LogP contribution in [0, 0.1) is 6.92 Å². The first-order chi connectivity index (χ1) is 17.7. The molecule has 37 heavy (non-hydrogen) atoms. The molecule has 2 aromatic rings. The van der Waals surface area contributed by atoms with Crippen molar-refractivity contribution in [1.82, 2.24) is 10.2 Å². The molecule has 0 radical (unpaired) electrons. The third-order valence-corrected chi connectivity index (χ3v) is 8.39. The van der Waals surface area contributed by atoms with Gasteiger partial charge in [0.05, 0.1) is 11.9 Å². The number of carbonyl (C=O) groups excluding carboxylic acids is 2. The van der Waals surface area contributed by atoms with Crippen molar-refractivity contribution in [3.05, 3.63) is 65.2 Å². The lowest BCUT2D eigenvalue weighted by Crippen LogP contribution is -2.54. The molecule has 2 aromatic carbocycles. The monoisotopic (exact) mass is 527 g/mol. The number of amides is 2. The largest absolute Gasteiger partial charge is 0.352 e. The topological polar surface area (TPSA) is 86.8 Å². The van der Waals surface area contributed by atoms with Crippen LogP contribution in [-0.2, 0) is 32.6 Å². The smallest absolute Gasteiger partial charge is 0.244 e. The second kappa shape index (κ2) is 13.1. The normalized spacial score (nSPS) is 15.1. The molecular weight excluding hydrogens is 486 g/mol. The molecule has 202 valence electrons. The molecule has 3 rings (SSSR count).